The Morgan fingerprint density at radius 1 is 1.59 bits per heavy atom. The van der Waals surface area contributed by atoms with Gasteiger partial charge in [0.25, 0.3) is 0 Å². The van der Waals surface area contributed by atoms with Crippen LogP contribution in [0.3, 0.4) is 0 Å². The zero-order valence-electron chi connectivity index (χ0n) is 9.37. The van der Waals surface area contributed by atoms with Crippen LogP contribution in [0.25, 0.3) is 5.65 Å². The summed E-state index contributed by atoms with van der Waals surface area (Å²) in [5.41, 5.74) is 6.63. The number of aromatic nitrogens is 3. The summed E-state index contributed by atoms with van der Waals surface area (Å²) in [7, 11) is 0. The maximum atomic E-state index is 5.76. The first-order valence-corrected chi connectivity index (χ1v) is 6.65. The average Bonchev–Trinajstić information content (AvgIpc) is 2.95. The van der Waals surface area contributed by atoms with Crippen LogP contribution in [0.1, 0.15) is 12.8 Å². The zero-order chi connectivity index (χ0) is 11.7. The molecule has 2 aromatic heterocycles. The quantitative estimate of drug-likeness (QED) is 0.838. The molecule has 0 radical (unpaired) electrons. The fourth-order valence-electron chi connectivity index (χ4n) is 1.97. The van der Waals surface area contributed by atoms with Crippen molar-refractivity contribution < 1.29 is 4.74 Å². The lowest BCUT2D eigenvalue weighted by atomic mass is 10.3. The van der Waals surface area contributed by atoms with E-state index in [1.165, 1.54) is 0 Å². The summed E-state index contributed by atoms with van der Waals surface area (Å²) in [4.78, 5) is 8.62. The highest BCUT2D eigenvalue weighted by Gasteiger charge is 2.17. The standard InChI is InChI=1S/C11H14N4OS/c12-9-6-15-4-3-13-10(15)11(14-9)17-7-8-2-1-5-16-8/h3-4,6,8H,1-2,5,7,12H2. The summed E-state index contributed by atoms with van der Waals surface area (Å²) in [6.07, 6.45) is 8.06. The van der Waals surface area contributed by atoms with Crippen molar-refractivity contribution in [2.75, 3.05) is 18.1 Å². The van der Waals surface area contributed by atoms with Crippen LogP contribution in [-0.4, -0.2) is 32.8 Å². The van der Waals surface area contributed by atoms with Gasteiger partial charge in [0, 0.05) is 24.8 Å². The van der Waals surface area contributed by atoms with Gasteiger partial charge in [0.05, 0.1) is 12.3 Å². The fourth-order valence-corrected chi connectivity index (χ4v) is 3.03. The van der Waals surface area contributed by atoms with Crippen LogP contribution < -0.4 is 5.73 Å². The summed E-state index contributed by atoms with van der Waals surface area (Å²) in [5.74, 6) is 1.43. The molecule has 0 spiro atoms. The molecule has 0 aromatic carbocycles. The van der Waals surface area contributed by atoms with Gasteiger partial charge in [-0.3, -0.25) is 0 Å². The molecular formula is C11H14N4OS. The lowest BCUT2D eigenvalue weighted by Crippen LogP contribution is -2.08. The Kier molecular flexibility index (Phi) is 2.90. The largest absolute Gasteiger partial charge is 0.382 e. The molecule has 17 heavy (non-hydrogen) atoms. The van der Waals surface area contributed by atoms with Crippen LogP contribution in [0.4, 0.5) is 5.82 Å². The second-order valence-corrected chi connectivity index (χ2v) is 5.08. The number of thioether (sulfide) groups is 1. The summed E-state index contributed by atoms with van der Waals surface area (Å²) in [6.45, 7) is 0.883. The molecule has 5 nitrogen and oxygen atoms in total. The molecule has 6 heteroatoms. The molecule has 3 heterocycles. The molecule has 0 bridgehead atoms. The predicted molar refractivity (Wildman–Crippen MR) is 67.1 cm³/mol. The first kappa shape index (κ1) is 10.9. The molecule has 1 atom stereocenters. The van der Waals surface area contributed by atoms with Gasteiger partial charge in [-0.25, -0.2) is 9.97 Å². The molecule has 90 valence electrons. The smallest absolute Gasteiger partial charge is 0.169 e. The number of nitrogens with zero attached hydrogens (tertiary/aromatic N) is 3. The number of anilines is 1. The highest BCUT2D eigenvalue weighted by molar-refractivity contribution is 7.99. The number of fused-ring (bicyclic) bond motifs is 1. The van der Waals surface area contributed by atoms with Crippen molar-refractivity contribution in [1.82, 2.24) is 14.4 Å². The van der Waals surface area contributed by atoms with E-state index >= 15 is 0 Å². The molecule has 1 fully saturated rings. The van der Waals surface area contributed by atoms with Crippen molar-refractivity contribution >= 4 is 23.2 Å². The minimum Gasteiger partial charge on any atom is -0.382 e. The molecule has 0 amide bonds. The Balaban J connectivity index is 1.81. The Morgan fingerprint density at radius 2 is 2.53 bits per heavy atom. The maximum absolute atomic E-state index is 5.76. The molecule has 1 aliphatic heterocycles. The zero-order valence-corrected chi connectivity index (χ0v) is 10.2. The number of ether oxygens (including phenoxy) is 1. The summed E-state index contributed by atoms with van der Waals surface area (Å²) < 4.78 is 7.49. The number of nitrogens with two attached hydrogens (primary N) is 1. The number of rotatable bonds is 3. The molecule has 1 unspecified atom stereocenters. The van der Waals surface area contributed by atoms with Crippen LogP contribution in [-0.2, 0) is 4.74 Å². The van der Waals surface area contributed by atoms with E-state index in [4.69, 9.17) is 10.5 Å². The van der Waals surface area contributed by atoms with Gasteiger partial charge >= 0.3 is 0 Å². The predicted octanol–water partition coefficient (Wildman–Crippen LogP) is 1.58. The number of hydrogen-bond donors (Lipinski definition) is 1. The molecule has 2 N–H and O–H groups in total. The first-order chi connectivity index (χ1) is 8.33. The fraction of sp³-hybridized carbons (Fsp3) is 0.455. The van der Waals surface area contributed by atoms with E-state index < -0.39 is 0 Å². The minimum absolute atomic E-state index is 0.346. The van der Waals surface area contributed by atoms with Crippen LogP contribution in [0.5, 0.6) is 0 Å². The normalized spacial score (nSPS) is 20.1. The third-order valence-electron chi connectivity index (χ3n) is 2.79. The molecular weight excluding hydrogens is 236 g/mol. The van der Waals surface area contributed by atoms with E-state index in [1.54, 1.807) is 24.2 Å². The van der Waals surface area contributed by atoms with Crippen molar-refractivity contribution in [3.05, 3.63) is 18.6 Å². The lowest BCUT2D eigenvalue weighted by Gasteiger charge is -2.09. The lowest BCUT2D eigenvalue weighted by molar-refractivity contribution is 0.129. The Labute approximate surface area is 103 Å². The summed E-state index contributed by atoms with van der Waals surface area (Å²) in [5, 5.41) is 0.880. The van der Waals surface area contributed by atoms with E-state index in [-0.39, 0.29) is 0 Å². The van der Waals surface area contributed by atoms with E-state index in [9.17, 15) is 0 Å². The molecule has 0 saturated carbocycles. The number of imidazole rings is 1. The van der Waals surface area contributed by atoms with Crippen LogP contribution >= 0.6 is 11.8 Å². The third kappa shape index (κ3) is 2.23. The van der Waals surface area contributed by atoms with Crippen LogP contribution in [0.15, 0.2) is 23.6 Å². The Morgan fingerprint density at radius 3 is 3.35 bits per heavy atom. The van der Waals surface area contributed by atoms with Crippen molar-refractivity contribution in [3.8, 4) is 0 Å². The highest BCUT2D eigenvalue weighted by atomic mass is 32.2. The molecule has 2 aromatic rings. The van der Waals surface area contributed by atoms with Crippen LogP contribution in [0, 0.1) is 0 Å². The van der Waals surface area contributed by atoms with Gasteiger partial charge < -0.3 is 14.9 Å². The third-order valence-corrected chi connectivity index (χ3v) is 3.88. The second kappa shape index (κ2) is 4.54. The van der Waals surface area contributed by atoms with Crippen molar-refractivity contribution in [2.45, 2.75) is 24.0 Å². The Bertz CT molecular complexity index is 521. The van der Waals surface area contributed by atoms with E-state index in [1.807, 2.05) is 10.6 Å². The molecule has 3 rings (SSSR count). The van der Waals surface area contributed by atoms with Crippen molar-refractivity contribution in [3.63, 3.8) is 0 Å². The van der Waals surface area contributed by atoms with Gasteiger partial charge in [-0.1, -0.05) is 11.8 Å². The Hall–Kier alpha value is -1.27. The summed E-state index contributed by atoms with van der Waals surface area (Å²) in [6, 6.07) is 0. The van der Waals surface area contributed by atoms with E-state index in [0.717, 1.165) is 35.9 Å². The van der Waals surface area contributed by atoms with Gasteiger partial charge in [0.2, 0.25) is 0 Å². The second-order valence-electron chi connectivity index (χ2n) is 4.08. The van der Waals surface area contributed by atoms with Crippen molar-refractivity contribution in [2.24, 2.45) is 0 Å². The van der Waals surface area contributed by atoms with Gasteiger partial charge in [0.1, 0.15) is 10.8 Å². The van der Waals surface area contributed by atoms with Gasteiger partial charge in [0.15, 0.2) is 5.65 Å². The monoisotopic (exact) mass is 250 g/mol. The van der Waals surface area contributed by atoms with Gasteiger partial charge in [-0.2, -0.15) is 0 Å². The van der Waals surface area contributed by atoms with Crippen molar-refractivity contribution in [1.29, 1.82) is 0 Å². The highest BCUT2D eigenvalue weighted by Crippen LogP contribution is 2.25. The molecule has 1 saturated heterocycles. The number of nitrogen functional groups attached to an aromatic ring is 1. The summed E-state index contributed by atoms with van der Waals surface area (Å²) >= 11 is 1.67. The van der Waals surface area contributed by atoms with Crippen LogP contribution in [0.2, 0.25) is 0 Å². The van der Waals surface area contributed by atoms with Gasteiger partial charge in [-0.15, -0.1) is 0 Å². The van der Waals surface area contributed by atoms with E-state index in [2.05, 4.69) is 9.97 Å². The average molecular weight is 250 g/mol. The number of hydrogen-bond acceptors (Lipinski definition) is 5. The van der Waals surface area contributed by atoms with Gasteiger partial charge in [-0.05, 0) is 12.8 Å². The first-order valence-electron chi connectivity index (χ1n) is 5.66. The molecule has 0 aliphatic carbocycles. The topological polar surface area (TPSA) is 65.4 Å². The maximum Gasteiger partial charge on any atom is 0.169 e. The SMILES string of the molecule is Nc1cn2ccnc2c(SCC2CCCO2)n1. The van der Waals surface area contributed by atoms with E-state index in [0.29, 0.717) is 11.9 Å². The minimum atomic E-state index is 0.346. The molecule has 1 aliphatic rings.